The minimum atomic E-state index is -0.0684. The quantitative estimate of drug-likeness (QED) is 0.569. The van der Waals surface area contributed by atoms with Crippen LogP contribution in [0.5, 0.6) is 0 Å². The van der Waals surface area contributed by atoms with Crippen molar-refractivity contribution in [3.8, 4) is 0 Å². The summed E-state index contributed by atoms with van der Waals surface area (Å²) in [6.07, 6.45) is 1.20. The van der Waals surface area contributed by atoms with E-state index in [9.17, 15) is 4.79 Å². The van der Waals surface area contributed by atoms with E-state index in [1.54, 1.807) is 20.2 Å². The van der Waals surface area contributed by atoms with Gasteiger partial charge in [-0.3, -0.25) is 9.79 Å². The van der Waals surface area contributed by atoms with E-state index in [-0.39, 0.29) is 5.91 Å². The van der Waals surface area contributed by atoms with Gasteiger partial charge in [-0.2, -0.15) is 0 Å². The standard InChI is InChI=1S/C15H22N4O/c1-10-7-13(10)19-15(17-3)18-9-11-5-4-6-12(8-11)14(20)16-2/h4-6,8,10,13H,7,9H2,1-3H3,(H,16,20)(H2,17,18,19). The first kappa shape index (κ1) is 14.4. The first-order valence-electron chi connectivity index (χ1n) is 6.92. The van der Waals surface area contributed by atoms with Crippen molar-refractivity contribution in [2.45, 2.75) is 25.9 Å². The van der Waals surface area contributed by atoms with E-state index in [1.807, 2.05) is 18.2 Å². The fourth-order valence-electron chi connectivity index (χ4n) is 2.05. The Morgan fingerprint density at radius 3 is 2.80 bits per heavy atom. The molecular formula is C15H22N4O. The number of nitrogens with zero attached hydrogens (tertiary/aromatic N) is 1. The van der Waals surface area contributed by atoms with Gasteiger partial charge < -0.3 is 16.0 Å². The third-order valence-corrected chi connectivity index (χ3v) is 3.53. The first-order valence-corrected chi connectivity index (χ1v) is 6.92. The average Bonchev–Trinajstić information content (AvgIpc) is 3.18. The Morgan fingerprint density at radius 2 is 2.20 bits per heavy atom. The van der Waals surface area contributed by atoms with E-state index >= 15 is 0 Å². The number of nitrogens with one attached hydrogen (secondary N) is 3. The van der Waals surface area contributed by atoms with Gasteiger partial charge in [-0.15, -0.1) is 0 Å². The Labute approximate surface area is 119 Å². The highest BCUT2D eigenvalue weighted by molar-refractivity contribution is 5.94. The minimum Gasteiger partial charge on any atom is -0.355 e. The van der Waals surface area contributed by atoms with Crippen LogP contribution in [0.4, 0.5) is 0 Å². The van der Waals surface area contributed by atoms with Crippen LogP contribution < -0.4 is 16.0 Å². The summed E-state index contributed by atoms with van der Waals surface area (Å²) in [5.74, 6) is 1.47. The van der Waals surface area contributed by atoms with Crippen LogP contribution in [0.25, 0.3) is 0 Å². The normalized spacial score (nSPS) is 21.2. The lowest BCUT2D eigenvalue weighted by Gasteiger charge is -2.12. The summed E-state index contributed by atoms with van der Waals surface area (Å²) in [6, 6.07) is 8.12. The summed E-state index contributed by atoms with van der Waals surface area (Å²) in [6.45, 7) is 2.86. The average molecular weight is 274 g/mol. The summed E-state index contributed by atoms with van der Waals surface area (Å²) in [4.78, 5) is 15.8. The predicted octanol–water partition coefficient (Wildman–Crippen LogP) is 1.12. The number of amides is 1. The molecule has 3 N–H and O–H groups in total. The summed E-state index contributed by atoms with van der Waals surface area (Å²) in [5, 5.41) is 9.27. The maximum atomic E-state index is 11.6. The van der Waals surface area contributed by atoms with E-state index in [4.69, 9.17) is 0 Å². The van der Waals surface area contributed by atoms with Gasteiger partial charge in [-0.25, -0.2) is 0 Å². The van der Waals surface area contributed by atoms with E-state index in [1.165, 1.54) is 6.42 Å². The van der Waals surface area contributed by atoms with Crippen LogP contribution in [-0.4, -0.2) is 32.0 Å². The molecule has 0 aromatic heterocycles. The van der Waals surface area contributed by atoms with Gasteiger partial charge in [0.1, 0.15) is 0 Å². The molecule has 1 fully saturated rings. The molecule has 5 heteroatoms. The van der Waals surface area contributed by atoms with Crippen molar-refractivity contribution in [1.82, 2.24) is 16.0 Å². The Balaban J connectivity index is 1.91. The van der Waals surface area contributed by atoms with Crippen molar-refractivity contribution in [2.75, 3.05) is 14.1 Å². The number of rotatable bonds is 4. The van der Waals surface area contributed by atoms with Crippen LogP contribution >= 0.6 is 0 Å². The Kier molecular flexibility index (Phi) is 4.61. The molecule has 0 spiro atoms. The molecule has 0 radical (unpaired) electrons. The SMILES string of the molecule is CN=C(NCc1cccc(C(=O)NC)c1)NC1CC1C. The van der Waals surface area contributed by atoms with Crippen molar-refractivity contribution in [2.24, 2.45) is 10.9 Å². The van der Waals surface area contributed by atoms with Crippen LogP contribution in [0.3, 0.4) is 0 Å². The maximum Gasteiger partial charge on any atom is 0.251 e. The van der Waals surface area contributed by atoms with Crippen molar-refractivity contribution < 1.29 is 4.79 Å². The third-order valence-electron chi connectivity index (χ3n) is 3.53. The zero-order valence-corrected chi connectivity index (χ0v) is 12.2. The molecule has 0 saturated heterocycles. The van der Waals surface area contributed by atoms with Crippen LogP contribution in [0.1, 0.15) is 29.3 Å². The molecule has 0 aliphatic heterocycles. The minimum absolute atomic E-state index is 0.0684. The number of benzene rings is 1. The van der Waals surface area contributed by atoms with Crippen LogP contribution in [-0.2, 0) is 6.54 Å². The Hall–Kier alpha value is -2.04. The lowest BCUT2D eigenvalue weighted by atomic mass is 10.1. The molecule has 2 rings (SSSR count). The van der Waals surface area contributed by atoms with E-state index in [2.05, 4.69) is 27.9 Å². The summed E-state index contributed by atoms with van der Waals surface area (Å²) < 4.78 is 0. The molecule has 1 aromatic rings. The smallest absolute Gasteiger partial charge is 0.251 e. The molecule has 1 saturated carbocycles. The van der Waals surface area contributed by atoms with Crippen LogP contribution in [0, 0.1) is 5.92 Å². The van der Waals surface area contributed by atoms with Crippen LogP contribution in [0.2, 0.25) is 0 Å². The molecule has 2 unspecified atom stereocenters. The lowest BCUT2D eigenvalue weighted by molar-refractivity contribution is 0.0963. The molecular weight excluding hydrogens is 252 g/mol. The first-order chi connectivity index (χ1) is 9.63. The number of guanidine groups is 1. The molecule has 1 aliphatic carbocycles. The number of hydrogen-bond acceptors (Lipinski definition) is 2. The predicted molar refractivity (Wildman–Crippen MR) is 80.7 cm³/mol. The van der Waals surface area contributed by atoms with E-state index in [0.717, 1.165) is 17.4 Å². The molecule has 1 aromatic carbocycles. The van der Waals surface area contributed by atoms with E-state index in [0.29, 0.717) is 18.2 Å². The van der Waals surface area contributed by atoms with Crippen LogP contribution in [0.15, 0.2) is 29.3 Å². The zero-order chi connectivity index (χ0) is 14.5. The lowest BCUT2D eigenvalue weighted by Crippen LogP contribution is -2.38. The zero-order valence-electron chi connectivity index (χ0n) is 12.2. The molecule has 5 nitrogen and oxygen atoms in total. The summed E-state index contributed by atoms with van der Waals surface area (Å²) >= 11 is 0. The maximum absolute atomic E-state index is 11.6. The second-order valence-corrected chi connectivity index (χ2v) is 5.17. The van der Waals surface area contributed by atoms with E-state index < -0.39 is 0 Å². The van der Waals surface area contributed by atoms with Gasteiger partial charge in [0.2, 0.25) is 0 Å². The van der Waals surface area contributed by atoms with Gasteiger partial charge in [0.25, 0.3) is 5.91 Å². The van der Waals surface area contributed by atoms with Crippen molar-refractivity contribution in [3.05, 3.63) is 35.4 Å². The number of hydrogen-bond donors (Lipinski definition) is 3. The number of carbonyl (C=O) groups excluding carboxylic acids is 1. The third kappa shape index (κ3) is 3.73. The molecule has 2 atom stereocenters. The highest BCUT2D eigenvalue weighted by Gasteiger charge is 2.33. The van der Waals surface area contributed by atoms with Crippen molar-refractivity contribution in [3.63, 3.8) is 0 Å². The highest BCUT2D eigenvalue weighted by atomic mass is 16.1. The second-order valence-electron chi connectivity index (χ2n) is 5.17. The van der Waals surface area contributed by atoms with Gasteiger partial charge >= 0.3 is 0 Å². The second kappa shape index (κ2) is 6.41. The van der Waals surface area contributed by atoms with Gasteiger partial charge in [0.05, 0.1) is 0 Å². The van der Waals surface area contributed by atoms with Crippen molar-refractivity contribution >= 4 is 11.9 Å². The molecule has 20 heavy (non-hydrogen) atoms. The largest absolute Gasteiger partial charge is 0.355 e. The molecule has 108 valence electrons. The summed E-state index contributed by atoms with van der Waals surface area (Å²) in [5.41, 5.74) is 1.73. The van der Waals surface area contributed by atoms with Crippen molar-refractivity contribution in [1.29, 1.82) is 0 Å². The Bertz CT molecular complexity index is 512. The number of aliphatic imine (C=N–C) groups is 1. The summed E-state index contributed by atoms with van der Waals surface area (Å²) in [7, 11) is 3.40. The Morgan fingerprint density at radius 1 is 1.45 bits per heavy atom. The topological polar surface area (TPSA) is 65.5 Å². The molecule has 0 bridgehead atoms. The van der Waals surface area contributed by atoms with Gasteiger partial charge in [0, 0.05) is 32.2 Å². The molecule has 0 heterocycles. The fourth-order valence-corrected chi connectivity index (χ4v) is 2.05. The molecule has 1 aliphatic rings. The van der Waals surface area contributed by atoms with Gasteiger partial charge in [-0.1, -0.05) is 19.1 Å². The monoisotopic (exact) mass is 274 g/mol. The van der Waals surface area contributed by atoms with Gasteiger partial charge in [-0.05, 0) is 30.0 Å². The fraction of sp³-hybridized carbons (Fsp3) is 0.467. The van der Waals surface area contributed by atoms with Gasteiger partial charge in [0.15, 0.2) is 5.96 Å². The highest BCUT2D eigenvalue weighted by Crippen LogP contribution is 2.28. The number of carbonyl (C=O) groups is 1. The molecule has 1 amide bonds.